The van der Waals surface area contributed by atoms with Crippen LogP contribution in [0.1, 0.15) is 12.0 Å². The predicted molar refractivity (Wildman–Crippen MR) is 78.6 cm³/mol. The summed E-state index contributed by atoms with van der Waals surface area (Å²) in [7, 11) is 2.18. The predicted octanol–water partition coefficient (Wildman–Crippen LogP) is 2.24. The Morgan fingerprint density at radius 3 is 2.59 bits per heavy atom. The zero-order valence-corrected chi connectivity index (χ0v) is 11.7. The highest BCUT2D eigenvalue weighted by Crippen LogP contribution is 2.07. The minimum Gasteiger partial charge on any atom is -0.329 e. The summed E-state index contributed by atoms with van der Waals surface area (Å²) in [6, 6.07) is 11.2. The van der Waals surface area contributed by atoms with Gasteiger partial charge in [0.15, 0.2) is 0 Å². The van der Waals surface area contributed by atoms with Crippen LogP contribution in [0.2, 0.25) is 0 Å². The number of benzene rings is 1. The molecule has 0 amide bonds. The summed E-state index contributed by atoms with van der Waals surface area (Å²) in [6.45, 7) is 1.84. The molecular formula is C14H24N2S. The van der Waals surface area contributed by atoms with Gasteiger partial charge in [-0.3, -0.25) is 0 Å². The lowest BCUT2D eigenvalue weighted by molar-refractivity contribution is 0.245. The Morgan fingerprint density at radius 1 is 1.29 bits per heavy atom. The fourth-order valence-electron chi connectivity index (χ4n) is 1.90. The van der Waals surface area contributed by atoms with Gasteiger partial charge in [0.05, 0.1) is 0 Å². The Balaban J connectivity index is 2.34. The van der Waals surface area contributed by atoms with Crippen LogP contribution in [-0.2, 0) is 6.42 Å². The van der Waals surface area contributed by atoms with E-state index in [9.17, 15) is 0 Å². The number of hydrogen-bond donors (Lipinski definition) is 1. The number of nitrogens with two attached hydrogens (primary N) is 1. The molecule has 0 spiro atoms. The van der Waals surface area contributed by atoms with Crippen molar-refractivity contribution in [3.63, 3.8) is 0 Å². The van der Waals surface area contributed by atoms with Gasteiger partial charge in [-0.05, 0) is 37.5 Å². The molecule has 1 unspecified atom stereocenters. The number of likely N-dealkylation sites (N-methyl/N-ethyl adjacent to an activating group) is 1. The van der Waals surface area contributed by atoms with E-state index in [1.165, 1.54) is 17.7 Å². The van der Waals surface area contributed by atoms with E-state index in [1.54, 1.807) is 0 Å². The van der Waals surface area contributed by atoms with Gasteiger partial charge >= 0.3 is 0 Å². The Morgan fingerprint density at radius 2 is 2.00 bits per heavy atom. The smallest absolute Gasteiger partial charge is 0.0223 e. The molecule has 3 heteroatoms. The van der Waals surface area contributed by atoms with Crippen LogP contribution in [0.3, 0.4) is 0 Å². The summed E-state index contributed by atoms with van der Waals surface area (Å²) >= 11 is 1.89. The molecule has 17 heavy (non-hydrogen) atoms. The summed E-state index contributed by atoms with van der Waals surface area (Å²) in [4.78, 5) is 2.39. The molecule has 2 N–H and O–H groups in total. The fourth-order valence-corrected chi connectivity index (χ4v) is 2.41. The molecule has 0 saturated heterocycles. The SMILES string of the molecule is CSCCC(CN)N(C)CCc1ccccc1. The van der Waals surface area contributed by atoms with Gasteiger partial charge in [-0.2, -0.15) is 11.8 Å². The first-order valence-electron chi connectivity index (χ1n) is 6.21. The zero-order valence-electron chi connectivity index (χ0n) is 10.9. The largest absolute Gasteiger partial charge is 0.329 e. The number of thioether (sulfide) groups is 1. The van der Waals surface area contributed by atoms with E-state index in [0.29, 0.717) is 6.04 Å². The molecule has 1 aromatic carbocycles. The minimum absolute atomic E-state index is 0.520. The summed E-state index contributed by atoms with van der Waals surface area (Å²) < 4.78 is 0. The molecule has 0 radical (unpaired) electrons. The third-order valence-corrected chi connectivity index (χ3v) is 3.79. The number of hydrogen-bond acceptors (Lipinski definition) is 3. The fraction of sp³-hybridized carbons (Fsp3) is 0.571. The first-order chi connectivity index (χ1) is 8.27. The molecular weight excluding hydrogens is 228 g/mol. The molecule has 0 aliphatic carbocycles. The second kappa shape index (κ2) is 8.56. The van der Waals surface area contributed by atoms with Gasteiger partial charge in [0, 0.05) is 19.1 Å². The van der Waals surface area contributed by atoms with Crippen molar-refractivity contribution in [2.75, 3.05) is 32.1 Å². The first kappa shape index (κ1) is 14.6. The van der Waals surface area contributed by atoms with Gasteiger partial charge in [0.25, 0.3) is 0 Å². The Hall–Kier alpha value is -0.510. The molecule has 2 nitrogen and oxygen atoms in total. The van der Waals surface area contributed by atoms with Crippen LogP contribution in [-0.4, -0.2) is 43.1 Å². The maximum atomic E-state index is 5.83. The highest BCUT2D eigenvalue weighted by Gasteiger charge is 2.11. The number of rotatable bonds is 8. The van der Waals surface area contributed by atoms with E-state index in [0.717, 1.165) is 19.5 Å². The third-order valence-electron chi connectivity index (χ3n) is 3.15. The average molecular weight is 252 g/mol. The standard InChI is InChI=1S/C14H24N2S/c1-16(14(12-15)9-11-17-2)10-8-13-6-4-3-5-7-13/h3-7,14H,8-12,15H2,1-2H3. The van der Waals surface area contributed by atoms with E-state index in [4.69, 9.17) is 5.73 Å². The molecule has 0 aliphatic heterocycles. The summed E-state index contributed by atoms with van der Waals surface area (Å²) in [5.74, 6) is 1.19. The molecule has 0 aromatic heterocycles. The Kier molecular flexibility index (Phi) is 7.33. The molecule has 1 rings (SSSR count). The molecule has 0 bridgehead atoms. The molecule has 1 atom stereocenters. The van der Waals surface area contributed by atoms with Crippen LogP contribution in [0.25, 0.3) is 0 Å². The molecule has 0 aliphatic rings. The van der Waals surface area contributed by atoms with Crippen LogP contribution < -0.4 is 5.73 Å². The van der Waals surface area contributed by atoms with Gasteiger partial charge in [-0.1, -0.05) is 30.3 Å². The highest BCUT2D eigenvalue weighted by atomic mass is 32.2. The Bertz CT molecular complexity index is 290. The van der Waals surface area contributed by atoms with E-state index in [2.05, 4.69) is 48.5 Å². The molecule has 0 fully saturated rings. The zero-order chi connectivity index (χ0) is 12.5. The van der Waals surface area contributed by atoms with Gasteiger partial charge < -0.3 is 10.6 Å². The average Bonchev–Trinajstić information content (AvgIpc) is 2.38. The van der Waals surface area contributed by atoms with Crippen molar-refractivity contribution in [1.29, 1.82) is 0 Å². The summed E-state index contributed by atoms with van der Waals surface area (Å²) in [5.41, 5.74) is 7.24. The van der Waals surface area contributed by atoms with Gasteiger partial charge in [-0.25, -0.2) is 0 Å². The van der Waals surface area contributed by atoms with E-state index in [1.807, 2.05) is 11.8 Å². The van der Waals surface area contributed by atoms with Gasteiger partial charge in [0.1, 0.15) is 0 Å². The van der Waals surface area contributed by atoms with Crippen molar-refractivity contribution in [3.8, 4) is 0 Å². The van der Waals surface area contributed by atoms with Crippen LogP contribution in [0.4, 0.5) is 0 Å². The van der Waals surface area contributed by atoms with E-state index < -0.39 is 0 Å². The molecule has 96 valence electrons. The van der Waals surface area contributed by atoms with Gasteiger partial charge in [-0.15, -0.1) is 0 Å². The van der Waals surface area contributed by atoms with Crippen molar-refractivity contribution >= 4 is 11.8 Å². The van der Waals surface area contributed by atoms with Crippen LogP contribution in [0.15, 0.2) is 30.3 Å². The van der Waals surface area contributed by atoms with Crippen molar-refractivity contribution in [2.45, 2.75) is 18.9 Å². The van der Waals surface area contributed by atoms with E-state index >= 15 is 0 Å². The quantitative estimate of drug-likeness (QED) is 0.769. The molecule has 0 heterocycles. The maximum absolute atomic E-state index is 5.83. The first-order valence-corrected chi connectivity index (χ1v) is 7.60. The lowest BCUT2D eigenvalue weighted by atomic mass is 10.1. The molecule has 0 saturated carbocycles. The normalized spacial score (nSPS) is 12.9. The highest BCUT2D eigenvalue weighted by molar-refractivity contribution is 7.98. The van der Waals surface area contributed by atoms with Crippen molar-refractivity contribution < 1.29 is 0 Å². The maximum Gasteiger partial charge on any atom is 0.0223 e. The van der Waals surface area contributed by atoms with Crippen LogP contribution in [0, 0.1) is 0 Å². The Labute approximate surface area is 110 Å². The number of nitrogens with zero attached hydrogens (tertiary/aromatic N) is 1. The van der Waals surface area contributed by atoms with Crippen LogP contribution >= 0.6 is 11.8 Å². The second-order valence-electron chi connectivity index (χ2n) is 4.39. The lowest BCUT2D eigenvalue weighted by Gasteiger charge is -2.26. The van der Waals surface area contributed by atoms with Crippen molar-refractivity contribution in [1.82, 2.24) is 4.90 Å². The monoisotopic (exact) mass is 252 g/mol. The topological polar surface area (TPSA) is 29.3 Å². The summed E-state index contributed by atoms with van der Waals surface area (Å²) in [6.07, 6.45) is 4.44. The van der Waals surface area contributed by atoms with Crippen molar-refractivity contribution in [2.24, 2.45) is 5.73 Å². The third kappa shape index (κ3) is 5.57. The van der Waals surface area contributed by atoms with Crippen molar-refractivity contribution in [3.05, 3.63) is 35.9 Å². The lowest BCUT2D eigenvalue weighted by Crippen LogP contribution is -2.39. The summed E-state index contributed by atoms with van der Waals surface area (Å²) in [5, 5.41) is 0. The van der Waals surface area contributed by atoms with Crippen LogP contribution in [0.5, 0.6) is 0 Å². The second-order valence-corrected chi connectivity index (χ2v) is 5.37. The minimum atomic E-state index is 0.520. The molecule has 1 aromatic rings. The van der Waals surface area contributed by atoms with Gasteiger partial charge in [0.2, 0.25) is 0 Å². The van der Waals surface area contributed by atoms with E-state index in [-0.39, 0.29) is 0 Å².